The molecule has 3 atom stereocenters. The van der Waals surface area contributed by atoms with Gasteiger partial charge in [-0.05, 0) is 75.4 Å². The summed E-state index contributed by atoms with van der Waals surface area (Å²) in [5.74, 6) is -1.15. The number of aromatic nitrogens is 1. The van der Waals surface area contributed by atoms with Crippen LogP contribution in [-0.2, 0) is 14.3 Å². The molecule has 1 unspecified atom stereocenters. The van der Waals surface area contributed by atoms with Crippen molar-refractivity contribution in [3.8, 4) is 23.0 Å². The Labute approximate surface area is 293 Å². The first-order chi connectivity index (χ1) is 24.0. The van der Waals surface area contributed by atoms with E-state index in [4.69, 9.17) is 28.4 Å². The highest BCUT2D eigenvalue weighted by atomic mass is 16.7. The fourth-order valence-electron chi connectivity index (χ4n) is 5.43. The zero-order valence-electron chi connectivity index (χ0n) is 29.9. The van der Waals surface area contributed by atoms with Gasteiger partial charge in [-0.3, -0.25) is 9.59 Å². The summed E-state index contributed by atoms with van der Waals surface area (Å²) in [6.45, 7) is 11.1. The van der Waals surface area contributed by atoms with Gasteiger partial charge in [0.05, 0.1) is 34.0 Å². The topological polar surface area (TPSA) is 152 Å². The number of methoxy groups -OCH3 is 2. The van der Waals surface area contributed by atoms with Crippen molar-refractivity contribution in [1.82, 2.24) is 15.2 Å². The van der Waals surface area contributed by atoms with Crippen molar-refractivity contribution in [3.63, 3.8) is 0 Å². The minimum Gasteiger partial charge on any atom is -0.497 e. The Morgan fingerprint density at radius 2 is 1.38 bits per heavy atom. The summed E-state index contributed by atoms with van der Waals surface area (Å²) >= 11 is 0. The normalized spacial score (nSPS) is 12.6. The lowest BCUT2D eigenvalue weighted by Gasteiger charge is -2.32. The quantitative estimate of drug-likeness (QED) is 0.166. The molecule has 1 N–H and O–H groups in total. The number of pyridine rings is 1. The van der Waals surface area contributed by atoms with Crippen LogP contribution in [0.4, 0.5) is 9.59 Å². The smallest absolute Gasteiger partial charge is 0.497 e. The number of ether oxygens (including phenoxy) is 6. The molecule has 3 amide bonds. The molecule has 270 valence electrons. The Morgan fingerprint density at radius 3 is 1.90 bits per heavy atom. The van der Waals surface area contributed by atoms with Gasteiger partial charge in [0.25, 0.3) is 5.91 Å². The lowest BCUT2D eigenvalue weighted by molar-refractivity contribution is -0.126. The Balaban J connectivity index is 2.08. The van der Waals surface area contributed by atoms with Crippen molar-refractivity contribution in [3.05, 3.63) is 77.6 Å². The number of carbonyl (C=O) groups excluding carboxylic acids is 4. The molecule has 2 aromatic carbocycles. The van der Waals surface area contributed by atoms with E-state index in [0.717, 1.165) is 11.1 Å². The Kier molecular flexibility index (Phi) is 14.9. The van der Waals surface area contributed by atoms with Crippen LogP contribution >= 0.6 is 0 Å². The van der Waals surface area contributed by atoms with Gasteiger partial charge in [-0.2, -0.15) is 0 Å². The molecule has 3 rings (SSSR count). The number of nitrogens with zero attached hydrogens (tertiary/aromatic N) is 2. The van der Waals surface area contributed by atoms with Crippen LogP contribution in [0.25, 0.3) is 0 Å². The standard InChI is InChI=1S/C37H47N3O10/c1-9-47-28-18-14-26(15-19-28)31(25-12-16-27(45-7)17-13-25)24(6)39-34(41)29(22-23(4)5)40(36(43)48-10-2)35(42)32-33(50-37(44)49-11-3)30(46-8)20-21-38-32/h12-21,23-24,29,31H,9-11,22H2,1-8H3,(H,39,41)/t24-,29-,31?/m0/s1. The van der Waals surface area contributed by atoms with E-state index >= 15 is 0 Å². The summed E-state index contributed by atoms with van der Waals surface area (Å²) in [4.78, 5) is 59.4. The van der Waals surface area contributed by atoms with E-state index in [2.05, 4.69) is 10.3 Å². The number of imide groups is 1. The molecule has 0 aliphatic heterocycles. The maximum absolute atomic E-state index is 14.3. The Bertz CT molecular complexity index is 1580. The summed E-state index contributed by atoms with van der Waals surface area (Å²) < 4.78 is 31.8. The molecule has 50 heavy (non-hydrogen) atoms. The van der Waals surface area contributed by atoms with Gasteiger partial charge in [-0.25, -0.2) is 19.5 Å². The van der Waals surface area contributed by atoms with Crippen molar-refractivity contribution >= 4 is 24.1 Å². The third kappa shape index (κ3) is 10.1. The number of hydrogen-bond donors (Lipinski definition) is 1. The second-order valence-electron chi connectivity index (χ2n) is 11.5. The minimum atomic E-state index is -1.34. The van der Waals surface area contributed by atoms with Crippen LogP contribution in [0.2, 0.25) is 0 Å². The average Bonchev–Trinajstić information content (AvgIpc) is 3.09. The van der Waals surface area contributed by atoms with Gasteiger partial charge in [0.2, 0.25) is 11.7 Å². The predicted molar refractivity (Wildman–Crippen MR) is 185 cm³/mol. The molecule has 13 nitrogen and oxygen atoms in total. The molecule has 0 spiro atoms. The zero-order chi connectivity index (χ0) is 36.8. The molecule has 3 aromatic rings. The summed E-state index contributed by atoms with van der Waals surface area (Å²) in [6, 6.07) is 14.6. The molecule has 0 aliphatic rings. The Hall–Kier alpha value is -5.33. The molecule has 0 radical (unpaired) electrons. The number of nitrogens with one attached hydrogen (secondary N) is 1. The van der Waals surface area contributed by atoms with E-state index in [1.165, 1.54) is 19.4 Å². The maximum atomic E-state index is 14.3. The first-order valence-electron chi connectivity index (χ1n) is 16.5. The summed E-state index contributed by atoms with van der Waals surface area (Å²) in [5.41, 5.74) is 1.33. The molecule has 0 fully saturated rings. The van der Waals surface area contributed by atoms with Gasteiger partial charge in [-0.15, -0.1) is 0 Å². The number of carbonyl (C=O) groups is 4. The van der Waals surface area contributed by atoms with Gasteiger partial charge in [0, 0.05) is 24.2 Å². The largest absolute Gasteiger partial charge is 0.514 e. The molecule has 0 bridgehead atoms. The molecule has 1 heterocycles. The van der Waals surface area contributed by atoms with Crippen molar-refractivity contribution in [2.24, 2.45) is 5.92 Å². The van der Waals surface area contributed by atoms with Crippen LogP contribution < -0.4 is 24.3 Å². The first-order valence-corrected chi connectivity index (χ1v) is 16.5. The van der Waals surface area contributed by atoms with Crippen molar-refractivity contribution in [2.45, 2.75) is 66.0 Å². The number of amides is 3. The third-order valence-electron chi connectivity index (χ3n) is 7.63. The predicted octanol–water partition coefficient (Wildman–Crippen LogP) is 6.38. The second-order valence-corrected chi connectivity index (χ2v) is 11.5. The molecular formula is C37H47N3O10. The van der Waals surface area contributed by atoms with Gasteiger partial charge in [0.15, 0.2) is 11.4 Å². The van der Waals surface area contributed by atoms with Crippen molar-refractivity contribution in [1.29, 1.82) is 0 Å². The van der Waals surface area contributed by atoms with E-state index in [0.29, 0.717) is 23.0 Å². The van der Waals surface area contributed by atoms with Gasteiger partial charge in [-0.1, -0.05) is 38.1 Å². The van der Waals surface area contributed by atoms with Crippen LogP contribution in [0.15, 0.2) is 60.8 Å². The molecule has 1 aromatic heterocycles. The lowest BCUT2D eigenvalue weighted by Crippen LogP contribution is -2.55. The SMILES string of the molecule is CCOC(=O)Oc1c(OC)ccnc1C(=O)N(C(=O)OCC)[C@@H](CC(C)C)C(=O)N[C@@H](C)C(c1ccc(OC)cc1)c1ccc(OCC)cc1. The van der Waals surface area contributed by atoms with E-state index in [-0.39, 0.29) is 43.0 Å². The van der Waals surface area contributed by atoms with Gasteiger partial charge < -0.3 is 33.7 Å². The average molecular weight is 694 g/mol. The van der Waals surface area contributed by atoms with Crippen molar-refractivity contribution < 1.29 is 47.6 Å². The summed E-state index contributed by atoms with van der Waals surface area (Å²) in [7, 11) is 2.89. The van der Waals surface area contributed by atoms with E-state index in [1.54, 1.807) is 21.0 Å². The number of rotatable bonds is 16. The summed E-state index contributed by atoms with van der Waals surface area (Å²) in [5, 5.41) is 3.07. The van der Waals surface area contributed by atoms with Crippen molar-refractivity contribution in [2.75, 3.05) is 34.0 Å². The monoisotopic (exact) mass is 693 g/mol. The van der Waals surface area contributed by atoms with Gasteiger partial charge in [0.1, 0.15) is 17.5 Å². The van der Waals surface area contributed by atoms with E-state index < -0.39 is 41.8 Å². The highest BCUT2D eigenvalue weighted by molar-refractivity contribution is 6.07. The lowest BCUT2D eigenvalue weighted by atomic mass is 9.85. The molecule has 0 saturated heterocycles. The number of hydrogen-bond acceptors (Lipinski definition) is 11. The Morgan fingerprint density at radius 1 is 0.780 bits per heavy atom. The molecule has 0 saturated carbocycles. The zero-order valence-corrected chi connectivity index (χ0v) is 29.9. The fraction of sp³-hybridized carbons (Fsp3) is 0.432. The second kappa shape index (κ2) is 19.0. The minimum absolute atomic E-state index is 0.00262. The van der Waals surface area contributed by atoms with Crippen LogP contribution in [0, 0.1) is 5.92 Å². The maximum Gasteiger partial charge on any atom is 0.514 e. The van der Waals surface area contributed by atoms with Gasteiger partial charge >= 0.3 is 12.2 Å². The van der Waals surface area contributed by atoms with E-state index in [9.17, 15) is 19.2 Å². The molecule has 13 heteroatoms. The van der Waals surface area contributed by atoms with E-state index in [1.807, 2.05) is 76.2 Å². The molecular weight excluding hydrogens is 646 g/mol. The number of benzene rings is 2. The van der Waals surface area contributed by atoms with Crippen LogP contribution in [0.5, 0.6) is 23.0 Å². The van der Waals surface area contributed by atoms with Crippen LogP contribution in [0.3, 0.4) is 0 Å². The third-order valence-corrected chi connectivity index (χ3v) is 7.63. The highest BCUT2D eigenvalue weighted by Crippen LogP contribution is 2.33. The first kappa shape index (κ1) is 39.1. The van der Waals surface area contributed by atoms with Crippen LogP contribution in [0.1, 0.15) is 75.5 Å². The van der Waals surface area contributed by atoms with Crippen LogP contribution in [-0.4, -0.2) is 80.1 Å². The summed E-state index contributed by atoms with van der Waals surface area (Å²) in [6.07, 6.45) is -0.851. The highest BCUT2D eigenvalue weighted by Gasteiger charge is 2.40. The molecule has 0 aliphatic carbocycles. The fourth-order valence-corrected chi connectivity index (χ4v) is 5.43.